The Labute approximate surface area is 82.9 Å². The van der Waals surface area contributed by atoms with E-state index < -0.39 is 5.60 Å². The van der Waals surface area contributed by atoms with Crippen LogP contribution in [0.2, 0.25) is 0 Å². The lowest BCUT2D eigenvalue weighted by Crippen LogP contribution is -2.44. The van der Waals surface area contributed by atoms with Gasteiger partial charge in [0.05, 0.1) is 5.56 Å². The zero-order valence-electron chi connectivity index (χ0n) is 8.12. The summed E-state index contributed by atoms with van der Waals surface area (Å²) in [5, 5.41) is 0. The fraction of sp³-hybridized carbons (Fsp3) is 0.364. The van der Waals surface area contributed by atoms with Gasteiger partial charge in [0.25, 0.3) is 0 Å². The van der Waals surface area contributed by atoms with Crippen LogP contribution in [0.15, 0.2) is 24.3 Å². The molecule has 1 aromatic rings. The first-order chi connectivity index (χ1) is 6.64. The van der Waals surface area contributed by atoms with Gasteiger partial charge in [-0.15, -0.1) is 0 Å². The molecule has 0 bridgehead atoms. The largest absolute Gasteiger partial charge is 0.454 e. The monoisotopic (exact) mass is 191 g/mol. The Morgan fingerprint density at radius 1 is 1.50 bits per heavy atom. The maximum Gasteiger partial charge on any atom is 0.339 e. The van der Waals surface area contributed by atoms with E-state index in [0.717, 1.165) is 5.56 Å². The van der Waals surface area contributed by atoms with Gasteiger partial charge >= 0.3 is 5.97 Å². The lowest BCUT2D eigenvalue weighted by molar-refractivity contribution is -0.0110. The summed E-state index contributed by atoms with van der Waals surface area (Å²) in [7, 11) is 0. The first-order valence-electron chi connectivity index (χ1n) is 4.66. The van der Waals surface area contributed by atoms with E-state index in [-0.39, 0.29) is 5.97 Å². The van der Waals surface area contributed by atoms with Crippen molar-refractivity contribution in [1.29, 1.82) is 0 Å². The van der Waals surface area contributed by atoms with Crippen LogP contribution in [0.5, 0.6) is 0 Å². The number of cyclic esters (lactones) is 1. The zero-order chi connectivity index (χ0) is 10.2. The second-order valence-electron chi connectivity index (χ2n) is 3.88. The van der Waals surface area contributed by atoms with E-state index in [0.29, 0.717) is 18.5 Å². The van der Waals surface area contributed by atoms with Crippen LogP contribution in [-0.4, -0.2) is 18.1 Å². The van der Waals surface area contributed by atoms with E-state index in [9.17, 15) is 4.79 Å². The Morgan fingerprint density at radius 2 is 2.21 bits per heavy atom. The minimum absolute atomic E-state index is 0.264. The molecular weight excluding hydrogens is 178 g/mol. The molecule has 0 amide bonds. The van der Waals surface area contributed by atoms with E-state index in [4.69, 9.17) is 10.5 Å². The van der Waals surface area contributed by atoms with Crippen molar-refractivity contribution in [1.82, 2.24) is 0 Å². The Morgan fingerprint density at radius 3 is 2.93 bits per heavy atom. The molecule has 0 spiro atoms. The molecule has 0 radical (unpaired) electrons. The Kier molecular flexibility index (Phi) is 2.04. The predicted octanol–water partition coefficient (Wildman–Crippen LogP) is 1.12. The van der Waals surface area contributed by atoms with Crippen molar-refractivity contribution in [2.24, 2.45) is 5.73 Å². The van der Waals surface area contributed by atoms with Gasteiger partial charge in [0.1, 0.15) is 5.60 Å². The smallest absolute Gasteiger partial charge is 0.339 e. The van der Waals surface area contributed by atoms with Gasteiger partial charge in [-0.1, -0.05) is 18.2 Å². The van der Waals surface area contributed by atoms with Crippen LogP contribution in [0.3, 0.4) is 0 Å². The Balaban J connectivity index is 2.43. The summed E-state index contributed by atoms with van der Waals surface area (Å²) >= 11 is 0. The molecule has 0 saturated heterocycles. The summed E-state index contributed by atoms with van der Waals surface area (Å²) in [6, 6.07) is 7.50. The van der Waals surface area contributed by atoms with Crippen molar-refractivity contribution in [2.75, 3.05) is 6.54 Å². The molecule has 2 rings (SSSR count). The van der Waals surface area contributed by atoms with Crippen LogP contribution in [0.4, 0.5) is 0 Å². The van der Waals surface area contributed by atoms with Crippen LogP contribution >= 0.6 is 0 Å². The zero-order valence-corrected chi connectivity index (χ0v) is 8.12. The molecule has 0 fully saturated rings. The molecule has 1 unspecified atom stereocenters. The third kappa shape index (κ3) is 1.40. The summed E-state index contributed by atoms with van der Waals surface area (Å²) in [5.74, 6) is -0.264. The molecule has 3 heteroatoms. The van der Waals surface area contributed by atoms with Gasteiger partial charge in [-0.3, -0.25) is 0 Å². The topological polar surface area (TPSA) is 52.3 Å². The molecular formula is C11H13NO2. The highest BCUT2D eigenvalue weighted by Crippen LogP contribution is 2.26. The van der Waals surface area contributed by atoms with Gasteiger partial charge in [-0.05, 0) is 18.6 Å². The Hall–Kier alpha value is -1.35. The average molecular weight is 191 g/mol. The van der Waals surface area contributed by atoms with E-state index >= 15 is 0 Å². The van der Waals surface area contributed by atoms with Crippen molar-refractivity contribution in [3.8, 4) is 0 Å². The van der Waals surface area contributed by atoms with Gasteiger partial charge < -0.3 is 10.5 Å². The SMILES string of the molecule is CC1(CN)Cc2ccccc2C(=O)O1. The first kappa shape index (κ1) is 9.21. The summed E-state index contributed by atoms with van der Waals surface area (Å²) in [5.41, 5.74) is 6.73. The maximum absolute atomic E-state index is 11.6. The molecule has 0 aliphatic carbocycles. The van der Waals surface area contributed by atoms with E-state index in [2.05, 4.69) is 0 Å². The minimum Gasteiger partial charge on any atom is -0.454 e. The van der Waals surface area contributed by atoms with Crippen LogP contribution in [0.1, 0.15) is 22.8 Å². The number of esters is 1. The van der Waals surface area contributed by atoms with Gasteiger partial charge in [-0.2, -0.15) is 0 Å². The number of hydrogen-bond acceptors (Lipinski definition) is 3. The van der Waals surface area contributed by atoms with Crippen LogP contribution in [0.25, 0.3) is 0 Å². The second kappa shape index (κ2) is 3.10. The third-order valence-electron chi connectivity index (χ3n) is 2.57. The molecule has 1 aliphatic heterocycles. The fourth-order valence-corrected chi connectivity index (χ4v) is 1.71. The van der Waals surface area contributed by atoms with Crippen molar-refractivity contribution in [3.05, 3.63) is 35.4 Å². The standard InChI is InChI=1S/C11H13NO2/c1-11(7-12)6-8-4-2-3-5-9(8)10(13)14-11/h2-5H,6-7,12H2,1H3. The lowest BCUT2D eigenvalue weighted by atomic mass is 9.90. The molecule has 14 heavy (non-hydrogen) atoms. The second-order valence-corrected chi connectivity index (χ2v) is 3.88. The molecule has 2 N–H and O–H groups in total. The van der Waals surface area contributed by atoms with E-state index in [1.54, 1.807) is 6.07 Å². The van der Waals surface area contributed by atoms with Crippen molar-refractivity contribution in [2.45, 2.75) is 18.9 Å². The summed E-state index contributed by atoms with van der Waals surface area (Å²) in [6.45, 7) is 2.22. The fourth-order valence-electron chi connectivity index (χ4n) is 1.71. The molecule has 74 valence electrons. The van der Waals surface area contributed by atoms with Crippen molar-refractivity contribution >= 4 is 5.97 Å². The highest BCUT2D eigenvalue weighted by molar-refractivity contribution is 5.92. The van der Waals surface area contributed by atoms with Gasteiger partial charge in [0.15, 0.2) is 0 Å². The Bertz CT molecular complexity index is 375. The third-order valence-corrected chi connectivity index (χ3v) is 2.57. The number of nitrogens with two attached hydrogens (primary N) is 1. The number of carbonyl (C=O) groups is 1. The maximum atomic E-state index is 11.6. The molecule has 1 aliphatic rings. The highest BCUT2D eigenvalue weighted by atomic mass is 16.6. The molecule has 1 heterocycles. The quantitative estimate of drug-likeness (QED) is 0.677. The van der Waals surface area contributed by atoms with Crippen LogP contribution < -0.4 is 5.73 Å². The lowest BCUT2D eigenvalue weighted by Gasteiger charge is -2.33. The molecule has 3 nitrogen and oxygen atoms in total. The predicted molar refractivity (Wildman–Crippen MR) is 53.0 cm³/mol. The molecule has 1 atom stereocenters. The van der Waals surface area contributed by atoms with E-state index in [1.807, 2.05) is 25.1 Å². The number of rotatable bonds is 1. The normalized spacial score (nSPS) is 25.4. The summed E-state index contributed by atoms with van der Waals surface area (Å²) < 4.78 is 5.29. The van der Waals surface area contributed by atoms with Gasteiger partial charge in [-0.25, -0.2) is 4.79 Å². The van der Waals surface area contributed by atoms with Crippen LogP contribution in [0, 0.1) is 0 Å². The number of fused-ring (bicyclic) bond motifs is 1. The first-order valence-corrected chi connectivity index (χ1v) is 4.66. The number of ether oxygens (including phenoxy) is 1. The summed E-state index contributed by atoms with van der Waals surface area (Å²) in [4.78, 5) is 11.6. The van der Waals surface area contributed by atoms with Gasteiger partial charge in [0.2, 0.25) is 0 Å². The number of hydrogen-bond donors (Lipinski definition) is 1. The summed E-state index contributed by atoms with van der Waals surface area (Å²) in [6.07, 6.45) is 0.700. The molecule has 0 aromatic heterocycles. The van der Waals surface area contributed by atoms with Gasteiger partial charge in [0, 0.05) is 13.0 Å². The molecule has 1 aromatic carbocycles. The highest BCUT2D eigenvalue weighted by Gasteiger charge is 2.34. The average Bonchev–Trinajstić information content (AvgIpc) is 2.18. The number of carbonyl (C=O) groups excluding carboxylic acids is 1. The van der Waals surface area contributed by atoms with Crippen molar-refractivity contribution in [3.63, 3.8) is 0 Å². The molecule has 0 saturated carbocycles. The van der Waals surface area contributed by atoms with Crippen LogP contribution in [-0.2, 0) is 11.2 Å². The minimum atomic E-state index is -0.536. The number of benzene rings is 1. The van der Waals surface area contributed by atoms with E-state index in [1.165, 1.54) is 0 Å². The van der Waals surface area contributed by atoms with Crippen molar-refractivity contribution < 1.29 is 9.53 Å².